The first kappa shape index (κ1) is 28.1. The van der Waals surface area contributed by atoms with Crippen LogP contribution >= 0.6 is 0 Å². The average Bonchev–Trinajstić information content (AvgIpc) is 3.58. The molecule has 0 radical (unpaired) electrons. The summed E-state index contributed by atoms with van der Waals surface area (Å²) in [5.41, 5.74) is 1.58. The number of aliphatic carboxylic acids is 1. The summed E-state index contributed by atoms with van der Waals surface area (Å²) < 4.78 is 51.2. The van der Waals surface area contributed by atoms with Gasteiger partial charge in [0.25, 0.3) is 0 Å². The summed E-state index contributed by atoms with van der Waals surface area (Å²) in [4.78, 5) is 25.8. The summed E-state index contributed by atoms with van der Waals surface area (Å²) in [5, 5.41) is 9.87. The second-order valence-electron chi connectivity index (χ2n) is 10.1. The van der Waals surface area contributed by atoms with Crippen LogP contribution in [0.2, 0.25) is 0 Å². The Labute approximate surface area is 234 Å². The monoisotopic (exact) mass is 566 g/mol. The second-order valence-corrected chi connectivity index (χ2v) is 10.1. The highest BCUT2D eigenvalue weighted by Crippen LogP contribution is 2.38. The number of nitrogens with zero attached hydrogens (tertiary/aromatic N) is 4. The first-order chi connectivity index (χ1) is 19.6. The number of aromatic nitrogens is 3. The summed E-state index contributed by atoms with van der Waals surface area (Å²) in [7, 11) is 0. The summed E-state index contributed by atoms with van der Waals surface area (Å²) in [6.45, 7) is 4.44. The van der Waals surface area contributed by atoms with Crippen LogP contribution in [0.15, 0.2) is 71.3 Å². The van der Waals surface area contributed by atoms with Gasteiger partial charge in [-0.3, -0.25) is 4.79 Å². The Morgan fingerprint density at radius 1 is 1.10 bits per heavy atom. The van der Waals surface area contributed by atoms with Crippen molar-refractivity contribution in [2.24, 2.45) is 11.8 Å². The molecule has 11 heteroatoms. The number of carboxylic acids is 1. The maximum Gasteiger partial charge on any atom is 0.433 e. The fraction of sp³-hybridized carbons (Fsp3) is 0.333. The Bertz CT molecular complexity index is 1490. The lowest BCUT2D eigenvalue weighted by molar-refractivity contribution is -0.143. The third-order valence-electron chi connectivity index (χ3n) is 7.47. The van der Waals surface area contributed by atoms with Gasteiger partial charge in [0, 0.05) is 31.3 Å². The molecule has 2 aromatic carbocycles. The van der Waals surface area contributed by atoms with Gasteiger partial charge in [0.15, 0.2) is 0 Å². The molecule has 8 nitrogen and oxygen atoms in total. The number of hydrogen-bond donors (Lipinski definition) is 1. The van der Waals surface area contributed by atoms with Gasteiger partial charge in [-0.2, -0.15) is 13.2 Å². The van der Waals surface area contributed by atoms with Crippen LogP contribution in [0.25, 0.3) is 11.5 Å². The molecular weight excluding hydrogens is 537 g/mol. The molecule has 41 heavy (non-hydrogen) atoms. The number of hydrogen-bond acceptors (Lipinski definition) is 7. The van der Waals surface area contributed by atoms with E-state index in [4.69, 9.17) is 9.15 Å². The van der Waals surface area contributed by atoms with Crippen molar-refractivity contribution in [2.75, 3.05) is 24.6 Å². The zero-order valence-electron chi connectivity index (χ0n) is 22.5. The number of benzene rings is 2. The van der Waals surface area contributed by atoms with Gasteiger partial charge in [-0.15, -0.1) is 0 Å². The first-order valence-corrected chi connectivity index (χ1v) is 13.2. The van der Waals surface area contributed by atoms with Crippen molar-refractivity contribution in [3.05, 3.63) is 89.6 Å². The third-order valence-corrected chi connectivity index (χ3v) is 7.47. The standard InChI is InChI=1S/C30H29F3N4O4/c1-18(23-16-37(17-24(23)28(38)39)29-34-14-12-26(36-29)30(31,32)33)20-8-10-22(11-9-20)40-15-13-25-19(2)41-27(35-25)21-6-4-3-5-7-21/h3-12,14,18,23-24H,13,15-17H2,1-2H3,(H,38,39)/t18?,23-,24-/m1/s1. The van der Waals surface area contributed by atoms with Crippen LogP contribution < -0.4 is 9.64 Å². The van der Waals surface area contributed by atoms with Crippen LogP contribution in [-0.4, -0.2) is 45.7 Å². The molecule has 1 unspecified atom stereocenters. The van der Waals surface area contributed by atoms with Crippen LogP contribution in [0.1, 0.15) is 35.6 Å². The Morgan fingerprint density at radius 3 is 2.51 bits per heavy atom. The molecule has 214 valence electrons. The van der Waals surface area contributed by atoms with E-state index < -0.39 is 23.8 Å². The van der Waals surface area contributed by atoms with Crippen molar-refractivity contribution in [2.45, 2.75) is 32.4 Å². The summed E-state index contributed by atoms with van der Waals surface area (Å²) in [6, 6.07) is 17.9. The van der Waals surface area contributed by atoms with Crippen molar-refractivity contribution >= 4 is 11.9 Å². The number of rotatable bonds is 9. The van der Waals surface area contributed by atoms with Gasteiger partial charge in [-0.05, 0) is 54.7 Å². The Balaban J connectivity index is 1.21. The van der Waals surface area contributed by atoms with Crippen molar-refractivity contribution in [1.29, 1.82) is 0 Å². The Morgan fingerprint density at radius 2 is 1.83 bits per heavy atom. The lowest BCUT2D eigenvalue weighted by Gasteiger charge is -2.23. The highest BCUT2D eigenvalue weighted by molar-refractivity contribution is 5.72. The molecule has 3 atom stereocenters. The van der Waals surface area contributed by atoms with E-state index in [-0.39, 0.29) is 30.9 Å². The van der Waals surface area contributed by atoms with E-state index in [1.165, 1.54) is 4.90 Å². The molecule has 0 aliphatic carbocycles. The quantitative estimate of drug-likeness (QED) is 0.263. The Kier molecular flexibility index (Phi) is 7.96. The fourth-order valence-electron chi connectivity index (χ4n) is 5.16. The van der Waals surface area contributed by atoms with Crippen molar-refractivity contribution in [3.63, 3.8) is 0 Å². The van der Waals surface area contributed by atoms with Gasteiger partial charge < -0.3 is 19.2 Å². The zero-order chi connectivity index (χ0) is 29.1. The molecule has 0 bridgehead atoms. The van der Waals surface area contributed by atoms with Gasteiger partial charge in [0.1, 0.15) is 17.2 Å². The Hall–Kier alpha value is -4.41. The molecule has 1 saturated heterocycles. The number of oxazole rings is 1. The van der Waals surface area contributed by atoms with Gasteiger partial charge in [0.2, 0.25) is 11.8 Å². The smallest absolute Gasteiger partial charge is 0.433 e. The number of anilines is 1. The van der Waals surface area contributed by atoms with E-state index in [2.05, 4.69) is 15.0 Å². The van der Waals surface area contributed by atoms with Gasteiger partial charge in [0.05, 0.1) is 18.2 Å². The highest BCUT2D eigenvalue weighted by atomic mass is 19.4. The van der Waals surface area contributed by atoms with Crippen molar-refractivity contribution in [1.82, 2.24) is 15.0 Å². The third kappa shape index (κ3) is 6.34. The molecule has 0 saturated carbocycles. The number of carboxylic acid groups (broad SMARTS) is 1. The topological polar surface area (TPSA) is 102 Å². The van der Waals surface area contributed by atoms with E-state index in [9.17, 15) is 23.1 Å². The maximum atomic E-state index is 13.1. The summed E-state index contributed by atoms with van der Waals surface area (Å²) >= 11 is 0. The number of carbonyl (C=O) groups is 1. The normalized spacial score (nSPS) is 17.9. The van der Waals surface area contributed by atoms with E-state index in [0.29, 0.717) is 24.7 Å². The second kappa shape index (κ2) is 11.6. The van der Waals surface area contributed by atoms with E-state index in [0.717, 1.165) is 34.8 Å². The van der Waals surface area contributed by atoms with Crippen LogP contribution in [0.3, 0.4) is 0 Å². The van der Waals surface area contributed by atoms with E-state index in [1.807, 2.05) is 68.4 Å². The van der Waals surface area contributed by atoms with Gasteiger partial charge >= 0.3 is 12.1 Å². The predicted molar refractivity (Wildman–Crippen MR) is 145 cm³/mol. The van der Waals surface area contributed by atoms with E-state index in [1.54, 1.807) is 0 Å². The maximum absolute atomic E-state index is 13.1. The molecule has 1 N–H and O–H groups in total. The summed E-state index contributed by atoms with van der Waals surface area (Å²) in [6.07, 6.45) is -3.00. The lowest BCUT2D eigenvalue weighted by Crippen LogP contribution is -2.26. The highest BCUT2D eigenvalue weighted by Gasteiger charge is 2.42. The van der Waals surface area contributed by atoms with Crippen molar-refractivity contribution < 1.29 is 32.2 Å². The first-order valence-electron chi connectivity index (χ1n) is 13.2. The average molecular weight is 567 g/mol. The summed E-state index contributed by atoms with van der Waals surface area (Å²) in [5.74, 6) is -0.484. The molecule has 1 aliphatic heterocycles. The molecule has 2 aromatic heterocycles. The molecule has 3 heterocycles. The predicted octanol–water partition coefficient (Wildman–Crippen LogP) is 6.02. The fourth-order valence-corrected chi connectivity index (χ4v) is 5.16. The number of halogens is 3. The molecule has 0 amide bonds. The van der Waals surface area contributed by atoms with Crippen LogP contribution in [0, 0.1) is 18.8 Å². The van der Waals surface area contributed by atoms with E-state index >= 15 is 0 Å². The molecular formula is C30H29F3N4O4. The lowest BCUT2D eigenvalue weighted by atomic mass is 9.81. The minimum Gasteiger partial charge on any atom is -0.493 e. The van der Waals surface area contributed by atoms with Crippen molar-refractivity contribution in [3.8, 4) is 17.2 Å². The number of alkyl halides is 3. The molecule has 1 aliphatic rings. The molecule has 1 fully saturated rings. The van der Waals surface area contributed by atoms with Gasteiger partial charge in [-0.25, -0.2) is 15.0 Å². The minimum atomic E-state index is -4.61. The number of aryl methyl sites for hydroxylation is 1. The molecule has 5 rings (SSSR count). The zero-order valence-corrected chi connectivity index (χ0v) is 22.5. The minimum absolute atomic E-state index is 0.0281. The number of ether oxygens (including phenoxy) is 1. The molecule has 0 spiro atoms. The largest absolute Gasteiger partial charge is 0.493 e. The molecule has 4 aromatic rings. The van der Waals surface area contributed by atoms with Crippen LogP contribution in [-0.2, 0) is 17.4 Å². The van der Waals surface area contributed by atoms with Crippen LogP contribution in [0.4, 0.5) is 19.1 Å². The van der Waals surface area contributed by atoms with Gasteiger partial charge in [-0.1, -0.05) is 37.3 Å². The SMILES string of the molecule is Cc1oc(-c2ccccc2)nc1CCOc1ccc(C(C)[C@H]2CN(c3nccc(C(F)(F)F)n3)C[C@H]2C(=O)O)cc1. The van der Waals surface area contributed by atoms with Crippen LogP contribution in [0.5, 0.6) is 5.75 Å².